The van der Waals surface area contributed by atoms with Gasteiger partial charge in [-0.2, -0.15) is 0 Å². The standard InChI is InChI=1S/C26H33N7O2/c1-31(2)12-13-33-21-9-7-6-8-19(21)30-26(33)24-25(27)28-17-20(29-24)18-10-11-22(23(16-18)34-5)35-15-14-32(3)4/h6-11,16-17H,12-15H2,1-5H3,(H2,27,28). The number of hydrogen-bond donors (Lipinski definition) is 1. The van der Waals surface area contributed by atoms with Crippen molar-refractivity contribution in [2.24, 2.45) is 0 Å². The Bertz CT molecular complexity index is 1300. The molecular weight excluding hydrogens is 442 g/mol. The van der Waals surface area contributed by atoms with Crippen LogP contribution in [-0.2, 0) is 6.54 Å². The number of hydrogen-bond acceptors (Lipinski definition) is 8. The smallest absolute Gasteiger partial charge is 0.163 e. The molecule has 0 spiro atoms. The number of fused-ring (bicyclic) bond motifs is 1. The summed E-state index contributed by atoms with van der Waals surface area (Å²) in [5.74, 6) is 2.37. The first-order valence-corrected chi connectivity index (χ1v) is 11.6. The normalized spacial score (nSPS) is 11.5. The molecule has 0 fully saturated rings. The average Bonchev–Trinajstić information content (AvgIpc) is 3.21. The second-order valence-corrected chi connectivity index (χ2v) is 8.89. The van der Waals surface area contributed by atoms with E-state index in [0.717, 1.165) is 36.2 Å². The number of nitrogens with two attached hydrogens (primary N) is 1. The molecule has 184 valence electrons. The molecule has 0 aliphatic rings. The Kier molecular flexibility index (Phi) is 7.48. The number of likely N-dealkylation sites (N-methyl/N-ethyl adjacent to an activating group) is 2. The molecule has 0 radical (unpaired) electrons. The summed E-state index contributed by atoms with van der Waals surface area (Å²) < 4.78 is 13.6. The molecule has 4 rings (SSSR count). The summed E-state index contributed by atoms with van der Waals surface area (Å²) in [5.41, 5.74) is 10.3. The van der Waals surface area contributed by atoms with Crippen molar-refractivity contribution < 1.29 is 9.47 Å². The van der Waals surface area contributed by atoms with E-state index in [1.54, 1.807) is 13.3 Å². The van der Waals surface area contributed by atoms with Crippen molar-refractivity contribution >= 4 is 16.9 Å². The van der Waals surface area contributed by atoms with E-state index in [4.69, 9.17) is 25.2 Å². The van der Waals surface area contributed by atoms with Crippen molar-refractivity contribution in [3.63, 3.8) is 0 Å². The number of rotatable bonds is 10. The van der Waals surface area contributed by atoms with Crippen molar-refractivity contribution in [1.29, 1.82) is 0 Å². The van der Waals surface area contributed by atoms with Crippen molar-refractivity contribution in [2.75, 3.05) is 60.7 Å². The van der Waals surface area contributed by atoms with Crippen molar-refractivity contribution in [3.8, 4) is 34.3 Å². The van der Waals surface area contributed by atoms with E-state index in [9.17, 15) is 0 Å². The molecule has 0 aliphatic carbocycles. The molecule has 9 nitrogen and oxygen atoms in total. The molecule has 0 amide bonds. The van der Waals surface area contributed by atoms with Gasteiger partial charge in [0, 0.05) is 25.2 Å². The Hall–Kier alpha value is -3.69. The topological polar surface area (TPSA) is 94.6 Å². The summed E-state index contributed by atoms with van der Waals surface area (Å²) in [6.45, 7) is 2.98. The van der Waals surface area contributed by atoms with Crippen LogP contribution in [0.25, 0.3) is 33.8 Å². The quantitative estimate of drug-likeness (QED) is 0.374. The van der Waals surface area contributed by atoms with Crippen LogP contribution >= 0.6 is 0 Å². The number of nitrogen functional groups attached to an aromatic ring is 1. The molecule has 2 heterocycles. The zero-order chi connectivity index (χ0) is 24.9. The lowest BCUT2D eigenvalue weighted by molar-refractivity contribution is 0.251. The molecule has 0 saturated heterocycles. The van der Waals surface area contributed by atoms with Crippen LogP contribution in [0.5, 0.6) is 11.5 Å². The van der Waals surface area contributed by atoms with Gasteiger partial charge in [0.05, 0.1) is 30.0 Å². The van der Waals surface area contributed by atoms with Gasteiger partial charge in [0.2, 0.25) is 0 Å². The van der Waals surface area contributed by atoms with Gasteiger partial charge in [-0.25, -0.2) is 15.0 Å². The summed E-state index contributed by atoms with van der Waals surface area (Å²) in [4.78, 5) is 18.4. The van der Waals surface area contributed by atoms with Crippen LogP contribution in [0.1, 0.15) is 0 Å². The number of ether oxygens (including phenoxy) is 2. The molecule has 0 aliphatic heterocycles. The van der Waals surface area contributed by atoms with Gasteiger partial charge in [-0.15, -0.1) is 0 Å². The maximum Gasteiger partial charge on any atom is 0.163 e. The van der Waals surface area contributed by atoms with Gasteiger partial charge >= 0.3 is 0 Å². The molecule has 2 N–H and O–H groups in total. The molecule has 2 aromatic carbocycles. The highest BCUT2D eigenvalue weighted by Gasteiger charge is 2.19. The third kappa shape index (κ3) is 5.52. The first-order valence-electron chi connectivity index (χ1n) is 11.6. The fraction of sp³-hybridized carbons (Fsp3) is 0.346. The Labute approximate surface area is 206 Å². The summed E-state index contributed by atoms with van der Waals surface area (Å²) >= 11 is 0. The predicted octanol–water partition coefficient (Wildman–Crippen LogP) is 3.25. The average molecular weight is 476 g/mol. The summed E-state index contributed by atoms with van der Waals surface area (Å²) in [6.07, 6.45) is 1.67. The van der Waals surface area contributed by atoms with Crippen LogP contribution in [0.4, 0.5) is 5.82 Å². The van der Waals surface area contributed by atoms with E-state index in [0.29, 0.717) is 41.1 Å². The minimum Gasteiger partial charge on any atom is -0.493 e. The number of aromatic nitrogens is 4. The van der Waals surface area contributed by atoms with Crippen LogP contribution in [-0.4, -0.2) is 84.3 Å². The lowest BCUT2D eigenvalue weighted by atomic mass is 10.1. The fourth-order valence-corrected chi connectivity index (χ4v) is 3.77. The first kappa shape index (κ1) is 24.4. The zero-order valence-corrected chi connectivity index (χ0v) is 21.0. The number of benzene rings is 2. The maximum atomic E-state index is 6.32. The SMILES string of the molecule is COc1cc(-c2cnc(N)c(-c3nc4ccccc4n3CCN(C)C)n2)ccc1OCCN(C)C. The van der Waals surface area contributed by atoms with Gasteiger partial charge in [0.25, 0.3) is 0 Å². The molecule has 0 saturated carbocycles. The number of methoxy groups -OCH3 is 1. The first-order chi connectivity index (χ1) is 16.9. The monoisotopic (exact) mass is 475 g/mol. The molecule has 2 aromatic heterocycles. The maximum absolute atomic E-state index is 6.32. The number of imidazole rings is 1. The fourth-order valence-electron chi connectivity index (χ4n) is 3.77. The lowest BCUT2D eigenvalue weighted by Gasteiger charge is -2.15. The summed E-state index contributed by atoms with van der Waals surface area (Å²) in [5, 5.41) is 0. The van der Waals surface area contributed by atoms with E-state index in [-0.39, 0.29) is 0 Å². The Morgan fingerprint density at radius 2 is 1.71 bits per heavy atom. The van der Waals surface area contributed by atoms with Crippen LogP contribution in [0.15, 0.2) is 48.7 Å². The third-order valence-corrected chi connectivity index (χ3v) is 5.69. The van der Waals surface area contributed by atoms with Gasteiger partial charge in [0.1, 0.15) is 12.3 Å². The predicted molar refractivity (Wildman–Crippen MR) is 140 cm³/mol. The van der Waals surface area contributed by atoms with Crippen molar-refractivity contribution in [3.05, 3.63) is 48.7 Å². The van der Waals surface area contributed by atoms with Crippen LogP contribution in [0.2, 0.25) is 0 Å². The molecule has 9 heteroatoms. The highest BCUT2D eigenvalue weighted by Crippen LogP contribution is 2.34. The Balaban J connectivity index is 1.72. The molecule has 0 atom stereocenters. The van der Waals surface area contributed by atoms with Crippen molar-refractivity contribution in [2.45, 2.75) is 6.54 Å². The number of anilines is 1. The molecule has 35 heavy (non-hydrogen) atoms. The van der Waals surface area contributed by atoms with Crippen LogP contribution in [0, 0.1) is 0 Å². The molecule has 0 unspecified atom stereocenters. The molecule has 4 aromatic rings. The van der Waals surface area contributed by atoms with Gasteiger partial charge in [-0.3, -0.25) is 0 Å². The van der Waals surface area contributed by atoms with Crippen LogP contribution < -0.4 is 15.2 Å². The highest BCUT2D eigenvalue weighted by molar-refractivity contribution is 5.82. The van der Waals surface area contributed by atoms with Crippen LogP contribution in [0.3, 0.4) is 0 Å². The lowest BCUT2D eigenvalue weighted by Crippen LogP contribution is -2.19. The van der Waals surface area contributed by atoms with Crippen molar-refractivity contribution in [1.82, 2.24) is 29.3 Å². The van der Waals surface area contributed by atoms with E-state index < -0.39 is 0 Å². The molecule has 0 bridgehead atoms. The zero-order valence-electron chi connectivity index (χ0n) is 21.0. The minimum absolute atomic E-state index is 0.339. The third-order valence-electron chi connectivity index (χ3n) is 5.69. The van der Waals surface area contributed by atoms with E-state index >= 15 is 0 Å². The number of nitrogens with zero attached hydrogens (tertiary/aromatic N) is 6. The van der Waals surface area contributed by atoms with E-state index in [2.05, 4.69) is 39.5 Å². The largest absolute Gasteiger partial charge is 0.493 e. The van der Waals surface area contributed by atoms with Gasteiger partial charge in [0.15, 0.2) is 23.1 Å². The second-order valence-electron chi connectivity index (χ2n) is 8.89. The Morgan fingerprint density at radius 1 is 0.943 bits per heavy atom. The summed E-state index contributed by atoms with van der Waals surface area (Å²) in [7, 11) is 9.75. The highest BCUT2D eigenvalue weighted by atomic mass is 16.5. The van der Waals surface area contributed by atoms with E-state index in [1.807, 2.05) is 50.5 Å². The minimum atomic E-state index is 0.339. The Morgan fingerprint density at radius 3 is 2.46 bits per heavy atom. The van der Waals surface area contributed by atoms with E-state index in [1.165, 1.54) is 0 Å². The summed E-state index contributed by atoms with van der Waals surface area (Å²) in [6, 6.07) is 13.8. The van der Waals surface area contributed by atoms with Gasteiger partial charge in [-0.1, -0.05) is 12.1 Å². The van der Waals surface area contributed by atoms with Gasteiger partial charge in [-0.05, 0) is 58.5 Å². The number of para-hydroxylation sites is 2. The molecular formula is C26H33N7O2. The van der Waals surface area contributed by atoms with Gasteiger partial charge < -0.3 is 29.6 Å². The second kappa shape index (κ2) is 10.7.